The number of thioether (sulfide) groups is 1. The molecule has 1 aromatic heterocycles. The van der Waals surface area contributed by atoms with Gasteiger partial charge in [0.2, 0.25) is 0 Å². The Morgan fingerprint density at radius 1 is 1.38 bits per heavy atom. The third-order valence-electron chi connectivity index (χ3n) is 3.22. The molecule has 0 saturated heterocycles. The monoisotopic (exact) mass is 324 g/mol. The summed E-state index contributed by atoms with van der Waals surface area (Å²) in [5, 5.41) is 8.42. The van der Waals surface area contributed by atoms with E-state index in [4.69, 9.17) is 11.6 Å². The highest BCUT2D eigenvalue weighted by atomic mass is 35.5. The summed E-state index contributed by atoms with van der Waals surface area (Å²) >= 11 is 7.81. The average molecular weight is 325 g/mol. The Bertz CT molecular complexity index is 570. The number of rotatable bonds is 7. The first-order chi connectivity index (χ1) is 10.1. The van der Waals surface area contributed by atoms with Crippen LogP contribution >= 0.6 is 23.4 Å². The van der Waals surface area contributed by atoms with Gasteiger partial charge in [0.25, 0.3) is 0 Å². The maximum Gasteiger partial charge on any atom is 0.138 e. The highest BCUT2D eigenvalue weighted by molar-refractivity contribution is 7.99. The molecule has 0 aliphatic rings. The van der Waals surface area contributed by atoms with E-state index in [0.717, 1.165) is 23.0 Å². The molecule has 6 heteroatoms. The van der Waals surface area contributed by atoms with Crippen LogP contribution in [-0.4, -0.2) is 33.6 Å². The Kier molecular flexibility index (Phi) is 6.08. The van der Waals surface area contributed by atoms with Crippen LogP contribution in [0.3, 0.4) is 0 Å². The largest absolute Gasteiger partial charge is 0.316 e. The lowest BCUT2D eigenvalue weighted by Crippen LogP contribution is -2.31. The second-order valence-electron chi connectivity index (χ2n) is 5.17. The zero-order chi connectivity index (χ0) is 15.2. The summed E-state index contributed by atoms with van der Waals surface area (Å²) in [4.78, 5) is 5.56. The molecule has 1 heterocycles. The first-order valence-corrected chi connectivity index (χ1v) is 8.40. The van der Waals surface area contributed by atoms with Gasteiger partial charge in [-0.2, -0.15) is 5.10 Å². The normalized spacial score (nSPS) is 12.8. The van der Waals surface area contributed by atoms with Crippen LogP contribution in [0.15, 0.2) is 35.5 Å². The molecule has 1 aromatic carbocycles. The van der Waals surface area contributed by atoms with Crippen LogP contribution in [0, 0.1) is 0 Å². The van der Waals surface area contributed by atoms with E-state index in [0.29, 0.717) is 12.1 Å². The standard InChI is InChI=1S/C15H21ClN4S/c1-11(2)20-15(18-10-19-20)8-13(17-3)9-21-14-6-4-5-12(16)7-14/h4-7,10-11,13,17H,8-9H2,1-3H3. The van der Waals surface area contributed by atoms with Gasteiger partial charge in [-0.05, 0) is 39.1 Å². The van der Waals surface area contributed by atoms with Crippen molar-refractivity contribution in [3.63, 3.8) is 0 Å². The van der Waals surface area contributed by atoms with Crippen LogP contribution in [-0.2, 0) is 6.42 Å². The maximum absolute atomic E-state index is 6.01. The van der Waals surface area contributed by atoms with E-state index >= 15 is 0 Å². The molecule has 0 aliphatic carbocycles. The van der Waals surface area contributed by atoms with Crippen LogP contribution in [0.5, 0.6) is 0 Å². The number of benzene rings is 1. The quantitative estimate of drug-likeness (QED) is 0.792. The molecule has 4 nitrogen and oxygen atoms in total. The van der Waals surface area contributed by atoms with Crippen LogP contribution in [0.25, 0.3) is 0 Å². The van der Waals surface area contributed by atoms with Crippen molar-refractivity contribution in [2.24, 2.45) is 0 Å². The molecule has 21 heavy (non-hydrogen) atoms. The van der Waals surface area contributed by atoms with Crippen LogP contribution in [0.4, 0.5) is 0 Å². The Balaban J connectivity index is 1.95. The second-order valence-corrected chi connectivity index (χ2v) is 6.70. The van der Waals surface area contributed by atoms with E-state index in [1.165, 1.54) is 4.90 Å². The summed E-state index contributed by atoms with van der Waals surface area (Å²) in [6.07, 6.45) is 2.49. The summed E-state index contributed by atoms with van der Waals surface area (Å²) in [6.45, 7) is 4.24. The van der Waals surface area contributed by atoms with Gasteiger partial charge >= 0.3 is 0 Å². The summed E-state index contributed by atoms with van der Waals surface area (Å²) < 4.78 is 1.98. The van der Waals surface area contributed by atoms with Crippen LogP contribution < -0.4 is 5.32 Å². The van der Waals surface area contributed by atoms with Crippen molar-refractivity contribution in [3.05, 3.63) is 41.4 Å². The lowest BCUT2D eigenvalue weighted by atomic mass is 10.2. The van der Waals surface area contributed by atoms with Crippen molar-refractivity contribution in [1.29, 1.82) is 0 Å². The molecule has 114 valence electrons. The molecule has 0 saturated carbocycles. The Morgan fingerprint density at radius 3 is 2.86 bits per heavy atom. The minimum atomic E-state index is 0.334. The van der Waals surface area contributed by atoms with E-state index in [1.807, 2.05) is 29.9 Å². The van der Waals surface area contributed by atoms with Crippen molar-refractivity contribution < 1.29 is 0 Å². The highest BCUT2D eigenvalue weighted by Crippen LogP contribution is 2.23. The van der Waals surface area contributed by atoms with Gasteiger partial charge in [-0.15, -0.1) is 11.8 Å². The molecule has 2 rings (SSSR count). The Labute approximate surface area is 135 Å². The summed E-state index contributed by atoms with van der Waals surface area (Å²) in [7, 11) is 1.99. The highest BCUT2D eigenvalue weighted by Gasteiger charge is 2.14. The molecule has 1 unspecified atom stereocenters. The molecule has 0 spiro atoms. The summed E-state index contributed by atoms with van der Waals surface area (Å²) in [5.74, 6) is 1.98. The van der Waals surface area contributed by atoms with E-state index in [2.05, 4.69) is 35.3 Å². The molecular weight excluding hydrogens is 304 g/mol. The third-order valence-corrected chi connectivity index (χ3v) is 4.61. The molecule has 1 N–H and O–H groups in total. The number of hydrogen-bond donors (Lipinski definition) is 1. The van der Waals surface area contributed by atoms with E-state index < -0.39 is 0 Å². The van der Waals surface area contributed by atoms with Crippen molar-refractivity contribution in [2.75, 3.05) is 12.8 Å². The van der Waals surface area contributed by atoms with Gasteiger partial charge in [-0.25, -0.2) is 9.67 Å². The Morgan fingerprint density at radius 2 is 2.19 bits per heavy atom. The fourth-order valence-corrected chi connectivity index (χ4v) is 3.39. The molecule has 0 bridgehead atoms. The van der Waals surface area contributed by atoms with Crippen molar-refractivity contribution in [1.82, 2.24) is 20.1 Å². The number of hydrogen-bond acceptors (Lipinski definition) is 4. The van der Waals surface area contributed by atoms with Crippen molar-refractivity contribution in [2.45, 2.75) is 37.2 Å². The fourth-order valence-electron chi connectivity index (χ4n) is 2.07. The number of nitrogens with one attached hydrogen (secondary N) is 1. The third kappa shape index (κ3) is 4.73. The SMILES string of the molecule is CNC(CSc1cccc(Cl)c1)Cc1ncnn1C(C)C. The molecule has 1 atom stereocenters. The summed E-state index contributed by atoms with van der Waals surface area (Å²) in [5.41, 5.74) is 0. The first-order valence-electron chi connectivity index (χ1n) is 7.04. The summed E-state index contributed by atoms with van der Waals surface area (Å²) in [6, 6.07) is 8.63. The van der Waals surface area contributed by atoms with Gasteiger partial charge in [-0.3, -0.25) is 0 Å². The van der Waals surface area contributed by atoms with Gasteiger partial charge in [0.1, 0.15) is 12.2 Å². The fraction of sp³-hybridized carbons (Fsp3) is 0.467. The molecule has 2 aromatic rings. The number of likely N-dealkylation sites (N-methyl/N-ethyl adjacent to an activating group) is 1. The lowest BCUT2D eigenvalue weighted by Gasteiger charge is -2.17. The van der Waals surface area contributed by atoms with Crippen molar-refractivity contribution >= 4 is 23.4 Å². The first kappa shape index (κ1) is 16.3. The lowest BCUT2D eigenvalue weighted by molar-refractivity contribution is 0.484. The van der Waals surface area contributed by atoms with E-state index in [1.54, 1.807) is 18.1 Å². The van der Waals surface area contributed by atoms with Gasteiger partial charge in [0, 0.05) is 34.2 Å². The second kappa shape index (κ2) is 7.82. The topological polar surface area (TPSA) is 42.7 Å². The van der Waals surface area contributed by atoms with E-state index in [9.17, 15) is 0 Å². The van der Waals surface area contributed by atoms with Gasteiger partial charge in [0.05, 0.1) is 0 Å². The van der Waals surface area contributed by atoms with Gasteiger partial charge in [-0.1, -0.05) is 17.7 Å². The average Bonchev–Trinajstić information content (AvgIpc) is 2.91. The zero-order valence-electron chi connectivity index (χ0n) is 12.6. The van der Waals surface area contributed by atoms with Crippen molar-refractivity contribution in [3.8, 4) is 0 Å². The van der Waals surface area contributed by atoms with Gasteiger partial charge in [0.15, 0.2) is 0 Å². The minimum Gasteiger partial charge on any atom is -0.316 e. The smallest absolute Gasteiger partial charge is 0.138 e. The molecule has 0 amide bonds. The van der Waals surface area contributed by atoms with E-state index in [-0.39, 0.29) is 0 Å². The number of nitrogens with zero attached hydrogens (tertiary/aromatic N) is 3. The minimum absolute atomic E-state index is 0.334. The predicted molar refractivity (Wildman–Crippen MR) is 89.1 cm³/mol. The van der Waals surface area contributed by atoms with Crippen LogP contribution in [0.1, 0.15) is 25.7 Å². The number of aromatic nitrogens is 3. The number of halogens is 1. The van der Waals surface area contributed by atoms with Crippen LogP contribution in [0.2, 0.25) is 5.02 Å². The molecular formula is C15H21ClN4S. The molecule has 0 radical (unpaired) electrons. The Hall–Kier alpha value is -1.04. The molecule has 0 fully saturated rings. The zero-order valence-corrected chi connectivity index (χ0v) is 14.2. The van der Waals surface area contributed by atoms with Gasteiger partial charge < -0.3 is 5.32 Å². The predicted octanol–water partition coefficient (Wildman–Crippen LogP) is 3.44. The maximum atomic E-state index is 6.01. The molecule has 0 aliphatic heterocycles.